The Labute approximate surface area is 196 Å². The lowest BCUT2D eigenvalue weighted by atomic mass is 10.1. The summed E-state index contributed by atoms with van der Waals surface area (Å²) in [6, 6.07) is 6.01. The van der Waals surface area contributed by atoms with Crippen molar-refractivity contribution in [2.75, 3.05) is 23.4 Å². The number of hydrogen-bond donors (Lipinski definition) is 3. The summed E-state index contributed by atoms with van der Waals surface area (Å²) in [6.45, 7) is 1.52. The second kappa shape index (κ2) is 9.46. The largest absolute Gasteiger partial charge is 0.394 e. The zero-order valence-electron chi connectivity index (χ0n) is 17.8. The molecule has 12 heteroatoms. The van der Waals surface area contributed by atoms with E-state index >= 15 is 0 Å². The smallest absolute Gasteiger partial charge is 0.272 e. The molecule has 1 saturated heterocycles. The summed E-state index contributed by atoms with van der Waals surface area (Å²) in [7, 11) is -3.03. The molecular formula is C21H23ClN6O4S. The van der Waals surface area contributed by atoms with E-state index in [1.54, 1.807) is 35.0 Å². The van der Waals surface area contributed by atoms with Crippen molar-refractivity contribution in [1.29, 1.82) is 0 Å². The van der Waals surface area contributed by atoms with Crippen LogP contribution >= 0.6 is 11.6 Å². The fraction of sp³-hybridized carbons (Fsp3) is 0.333. The first-order chi connectivity index (χ1) is 15.7. The Hall–Kier alpha value is -3.02. The van der Waals surface area contributed by atoms with Crippen molar-refractivity contribution >= 4 is 33.3 Å². The summed E-state index contributed by atoms with van der Waals surface area (Å²) in [5, 5.41) is 16.0. The van der Waals surface area contributed by atoms with Crippen LogP contribution in [0.1, 0.15) is 34.1 Å². The Bertz CT molecular complexity index is 1280. The van der Waals surface area contributed by atoms with Gasteiger partial charge in [0, 0.05) is 29.0 Å². The molecule has 174 valence electrons. The summed E-state index contributed by atoms with van der Waals surface area (Å²) < 4.78 is 25.0. The van der Waals surface area contributed by atoms with Crippen molar-refractivity contribution in [3.05, 3.63) is 64.8 Å². The molecule has 1 aliphatic heterocycles. The standard InChI is InChI=1S/C21H23ClN6O4S/c1-13-8-23-21(25-16-5-6-33(31,32)11-16)27-19(13)28-9-17(24-12-28)20(30)26-18(10-29)14-3-2-4-15(22)7-14/h2-4,7-9,12,16,18,29H,5-6,10-11H2,1H3,(H,26,30)(H,23,25,27). The zero-order valence-corrected chi connectivity index (χ0v) is 19.3. The molecule has 1 aliphatic rings. The first-order valence-electron chi connectivity index (χ1n) is 10.3. The third-order valence-corrected chi connectivity index (χ3v) is 7.31. The van der Waals surface area contributed by atoms with Crippen molar-refractivity contribution < 1.29 is 18.3 Å². The molecule has 0 aliphatic carbocycles. The Morgan fingerprint density at radius 3 is 2.88 bits per heavy atom. The maximum absolute atomic E-state index is 12.7. The SMILES string of the molecule is Cc1cnc(NC2CCS(=O)(=O)C2)nc1-n1cnc(C(=O)NC(CO)c2cccc(Cl)c2)c1. The van der Waals surface area contributed by atoms with Crippen molar-refractivity contribution in [3.63, 3.8) is 0 Å². The molecular weight excluding hydrogens is 468 g/mol. The lowest BCUT2D eigenvalue weighted by Crippen LogP contribution is -2.31. The zero-order chi connectivity index (χ0) is 23.6. The van der Waals surface area contributed by atoms with Crippen molar-refractivity contribution in [1.82, 2.24) is 24.8 Å². The molecule has 0 saturated carbocycles. The number of nitrogens with one attached hydrogen (secondary N) is 2. The fourth-order valence-electron chi connectivity index (χ4n) is 3.60. The minimum absolute atomic E-state index is 0.0492. The van der Waals surface area contributed by atoms with Crippen LogP contribution in [0, 0.1) is 6.92 Å². The molecule has 1 aromatic carbocycles. The van der Waals surface area contributed by atoms with Crippen LogP contribution in [-0.2, 0) is 9.84 Å². The molecule has 0 spiro atoms. The Kier molecular flexibility index (Phi) is 6.63. The van der Waals surface area contributed by atoms with Gasteiger partial charge in [-0.2, -0.15) is 4.98 Å². The number of halogens is 1. The molecule has 2 unspecified atom stereocenters. The molecule has 33 heavy (non-hydrogen) atoms. The van der Waals surface area contributed by atoms with Gasteiger partial charge in [-0.25, -0.2) is 18.4 Å². The van der Waals surface area contributed by atoms with E-state index in [1.807, 2.05) is 6.92 Å². The lowest BCUT2D eigenvalue weighted by Gasteiger charge is -2.16. The molecule has 0 radical (unpaired) electrons. The van der Waals surface area contributed by atoms with E-state index in [1.165, 1.54) is 12.5 Å². The van der Waals surface area contributed by atoms with Crippen molar-refractivity contribution in [3.8, 4) is 5.82 Å². The van der Waals surface area contributed by atoms with Crippen LogP contribution in [0.3, 0.4) is 0 Å². The van der Waals surface area contributed by atoms with Crippen LogP contribution in [0.5, 0.6) is 0 Å². The first-order valence-corrected chi connectivity index (χ1v) is 12.5. The predicted octanol–water partition coefficient (Wildman–Crippen LogP) is 1.69. The van der Waals surface area contributed by atoms with Gasteiger partial charge in [0.2, 0.25) is 5.95 Å². The van der Waals surface area contributed by atoms with Crippen LogP contribution in [0.2, 0.25) is 5.02 Å². The van der Waals surface area contributed by atoms with Gasteiger partial charge in [0.05, 0.1) is 24.2 Å². The molecule has 1 fully saturated rings. The van der Waals surface area contributed by atoms with Gasteiger partial charge in [-0.1, -0.05) is 23.7 Å². The van der Waals surface area contributed by atoms with E-state index in [0.717, 1.165) is 5.56 Å². The van der Waals surface area contributed by atoms with E-state index in [9.17, 15) is 18.3 Å². The monoisotopic (exact) mass is 490 g/mol. The Morgan fingerprint density at radius 2 is 2.18 bits per heavy atom. The normalized spacial score (nSPS) is 18.1. The quantitative estimate of drug-likeness (QED) is 0.454. The average Bonchev–Trinajstić information content (AvgIpc) is 3.39. The molecule has 1 amide bonds. The van der Waals surface area contributed by atoms with Crippen molar-refractivity contribution in [2.24, 2.45) is 0 Å². The van der Waals surface area contributed by atoms with Crippen LogP contribution in [-0.4, -0.2) is 63.1 Å². The van der Waals surface area contributed by atoms with Crippen LogP contribution < -0.4 is 10.6 Å². The number of carbonyl (C=O) groups excluding carboxylic acids is 1. The number of hydrogen-bond acceptors (Lipinski definition) is 8. The molecule has 10 nitrogen and oxygen atoms in total. The number of amides is 1. The van der Waals surface area contributed by atoms with Gasteiger partial charge in [0.1, 0.15) is 17.8 Å². The molecule has 3 heterocycles. The van der Waals surface area contributed by atoms with E-state index in [-0.39, 0.29) is 29.8 Å². The third-order valence-electron chi connectivity index (χ3n) is 5.31. The first kappa shape index (κ1) is 23.1. The summed E-state index contributed by atoms with van der Waals surface area (Å²) in [5.74, 6) is 0.544. The number of sulfone groups is 1. The van der Waals surface area contributed by atoms with Gasteiger partial charge >= 0.3 is 0 Å². The highest BCUT2D eigenvalue weighted by molar-refractivity contribution is 7.91. The maximum atomic E-state index is 12.7. The maximum Gasteiger partial charge on any atom is 0.272 e. The number of anilines is 1. The average molecular weight is 491 g/mol. The number of nitrogens with zero attached hydrogens (tertiary/aromatic N) is 4. The van der Waals surface area contributed by atoms with Gasteiger partial charge in [-0.15, -0.1) is 0 Å². The molecule has 4 rings (SSSR count). The second-order valence-corrected chi connectivity index (χ2v) is 10.5. The summed E-state index contributed by atoms with van der Waals surface area (Å²) >= 11 is 6.01. The topological polar surface area (TPSA) is 139 Å². The second-order valence-electron chi connectivity index (χ2n) is 7.87. The van der Waals surface area contributed by atoms with Crippen LogP contribution in [0.4, 0.5) is 5.95 Å². The fourth-order valence-corrected chi connectivity index (χ4v) is 5.47. The number of benzene rings is 1. The Balaban J connectivity index is 1.50. The molecule has 3 N–H and O–H groups in total. The number of imidazole rings is 1. The van der Waals surface area contributed by atoms with Gasteiger partial charge in [-0.3, -0.25) is 9.36 Å². The van der Waals surface area contributed by atoms with E-state index in [4.69, 9.17) is 11.6 Å². The number of aryl methyl sites for hydroxylation is 1. The number of rotatable bonds is 7. The number of aliphatic hydroxyl groups excluding tert-OH is 1. The molecule has 0 bridgehead atoms. The summed E-state index contributed by atoms with van der Waals surface area (Å²) in [6.07, 6.45) is 5.11. The van der Waals surface area contributed by atoms with Crippen LogP contribution in [0.25, 0.3) is 5.82 Å². The highest BCUT2D eigenvalue weighted by Crippen LogP contribution is 2.20. The Morgan fingerprint density at radius 1 is 1.36 bits per heavy atom. The van der Waals surface area contributed by atoms with Crippen LogP contribution in [0.15, 0.2) is 43.0 Å². The molecule has 2 atom stereocenters. The minimum Gasteiger partial charge on any atom is -0.394 e. The summed E-state index contributed by atoms with van der Waals surface area (Å²) in [5.41, 5.74) is 1.56. The lowest BCUT2D eigenvalue weighted by molar-refractivity contribution is 0.0911. The van der Waals surface area contributed by atoms with Gasteiger partial charge in [-0.05, 0) is 31.0 Å². The minimum atomic E-state index is -3.03. The van der Waals surface area contributed by atoms with E-state index < -0.39 is 21.8 Å². The van der Waals surface area contributed by atoms with E-state index in [2.05, 4.69) is 25.6 Å². The molecule has 3 aromatic rings. The highest BCUT2D eigenvalue weighted by Gasteiger charge is 2.28. The number of carbonyl (C=O) groups is 1. The third kappa shape index (κ3) is 5.49. The summed E-state index contributed by atoms with van der Waals surface area (Å²) in [4.78, 5) is 25.6. The van der Waals surface area contributed by atoms with Gasteiger partial charge in [0.15, 0.2) is 9.84 Å². The van der Waals surface area contributed by atoms with Gasteiger partial charge in [0.25, 0.3) is 5.91 Å². The number of aromatic nitrogens is 4. The predicted molar refractivity (Wildman–Crippen MR) is 123 cm³/mol. The van der Waals surface area contributed by atoms with E-state index in [0.29, 0.717) is 28.8 Å². The highest BCUT2D eigenvalue weighted by atomic mass is 35.5. The number of aliphatic hydroxyl groups is 1. The van der Waals surface area contributed by atoms with Gasteiger partial charge < -0.3 is 15.7 Å². The van der Waals surface area contributed by atoms with Crippen molar-refractivity contribution in [2.45, 2.75) is 25.4 Å². The molecule has 2 aromatic heterocycles.